The van der Waals surface area contributed by atoms with Crippen LogP contribution in [0, 0.1) is 17.7 Å². The second kappa shape index (κ2) is 8.79. The number of piperidine rings is 1. The number of methoxy groups -OCH3 is 1. The van der Waals surface area contributed by atoms with E-state index in [2.05, 4.69) is 4.90 Å². The lowest BCUT2D eigenvalue weighted by atomic mass is 9.89. The van der Waals surface area contributed by atoms with Crippen LogP contribution in [0.2, 0.25) is 0 Å². The van der Waals surface area contributed by atoms with Crippen LogP contribution >= 0.6 is 0 Å². The third-order valence-electron chi connectivity index (χ3n) is 6.59. The molecule has 2 amide bonds. The van der Waals surface area contributed by atoms with E-state index < -0.39 is 0 Å². The first-order valence-corrected chi connectivity index (χ1v) is 10.6. The number of ether oxygens (including phenoxy) is 1. The Balaban J connectivity index is 1.48. The van der Waals surface area contributed by atoms with Crippen molar-refractivity contribution in [2.45, 2.75) is 25.3 Å². The van der Waals surface area contributed by atoms with Gasteiger partial charge < -0.3 is 14.5 Å². The van der Waals surface area contributed by atoms with Gasteiger partial charge in [0.15, 0.2) is 0 Å². The van der Waals surface area contributed by atoms with Crippen molar-refractivity contribution in [2.75, 3.05) is 53.0 Å². The Morgan fingerprint density at radius 3 is 2.62 bits per heavy atom. The normalized spacial score (nSPS) is 27.3. The molecule has 3 heterocycles. The predicted octanol–water partition coefficient (Wildman–Crippen LogP) is 1.92. The number of rotatable bonds is 5. The minimum atomic E-state index is -0.291. The number of nitrogens with zero attached hydrogens (tertiary/aromatic N) is 3. The minimum absolute atomic E-state index is 0.0302. The van der Waals surface area contributed by atoms with E-state index in [1.54, 1.807) is 6.07 Å². The van der Waals surface area contributed by atoms with E-state index in [0.717, 1.165) is 44.6 Å². The van der Waals surface area contributed by atoms with E-state index in [1.165, 1.54) is 25.7 Å². The molecule has 6 nitrogen and oxygen atoms in total. The van der Waals surface area contributed by atoms with Crippen molar-refractivity contribution in [3.8, 4) is 0 Å². The quantitative estimate of drug-likeness (QED) is 0.754. The maximum absolute atomic E-state index is 13.9. The molecule has 1 aromatic rings. The molecule has 0 bridgehead atoms. The molecule has 0 radical (unpaired) electrons. The van der Waals surface area contributed by atoms with Gasteiger partial charge in [0.05, 0.1) is 12.6 Å². The number of amides is 2. The van der Waals surface area contributed by atoms with E-state index >= 15 is 0 Å². The molecule has 3 atom stereocenters. The third kappa shape index (κ3) is 4.31. The number of hydrogen-bond donors (Lipinski definition) is 0. The molecule has 0 saturated carbocycles. The summed E-state index contributed by atoms with van der Waals surface area (Å²) in [5.41, 5.74) is 0.825. The summed E-state index contributed by atoms with van der Waals surface area (Å²) < 4.78 is 19.0. The van der Waals surface area contributed by atoms with Gasteiger partial charge in [-0.25, -0.2) is 4.39 Å². The molecule has 29 heavy (non-hydrogen) atoms. The molecule has 3 fully saturated rings. The largest absolute Gasteiger partial charge is 0.375 e. The van der Waals surface area contributed by atoms with Gasteiger partial charge in [-0.2, -0.15) is 0 Å². The van der Waals surface area contributed by atoms with Gasteiger partial charge in [0, 0.05) is 45.8 Å². The fraction of sp³-hybridized carbons (Fsp3) is 0.636. The van der Waals surface area contributed by atoms with Crippen LogP contribution in [0.5, 0.6) is 0 Å². The van der Waals surface area contributed by atoms with Crippen molar-refractivity contribution in [1.29, 1.82) is 0 Å². The highest BCUT2D eigenvalue weighted by atomic mass is 19.1. The summed E-state index contributed by atoms with van der Waals surface area (Å²) in [5, 5.41) is 0. The van der Waals surface area contributed by atoms with Gasteiger partial charge in [-0.3, -0.25) is 14.5 Å². The summed E-state index contributed by atoms with van der Waals surface area (Å²) in [4.78, 5) is 31.4. The zero-order valence-electron chi connectivity index (χ0n) is 17.1. The molecule has 158 valence electrons. The Bertz CT molecular complexity index is 753. The highest BCUT2D eigenvalue weighted by Crippen LogP contribution is 2.45. The van der Waals surface area contributed by atoms with Crippen molar-refractivity contribution >= 4 is 11.8 Å². The molecule has 0 unspecified atom stereocenters. The zero-order chi connectivity index (χ0) is 20.4. The Morgan fingerprint density at radius 2 is 1.90 bits per heavy atom. The fourth-order valence-corrected chi connectivity index (χ4v) is 5.28. The van der Waals surface area contributed by atoms with Gasteiger partial charge >= 0.3 is 0 Å². The monoisotopic (exact) mass is 403 g/mol. The average Bonchev–Trinajstić information content (AvgIpc) is 3.26. The van der Waals surface area contributed by atoms with Gasteiger partial charge in [0.2, 0.25) is 11.8 Å². The molecule has 3 aliphatic rings. The van der Waals surface area contributed by atoms with Crippen molar-refractivity contribution in [1.82, 2.24) is 14.7 Å². The number of hydrogen-bond acceptors (Lipinski definition) is 4. The Kier molecular flexibility index (Phi) is 6.15. The summed E-state index contributed by atoms with van der Waals surface area (Å²) in [7, 11) is 1.51. The minimum Gasteiger partial charge on any atom is -0.375 e. The maximum Gasteiger partial charge on any atom is 0.249 e. The number of halogens is 1. The second-order valence-corrected chi connectivity index (χ2v) is 8.54. The van der Waals surface area contributed by atoms with Crippen LogP contribution in [0.4, 0.5) is 4.39 Å². The lowest BCUT2D eigenvalue weighted by molar-refractivity contribution is -0.137. The predicted molar refractivity (Wildman–Crippen MR) is 107 cm³/mol. The molecular formula is C22H30FN3O3. The topological polar surface area (TPSA) is 53.1 Å². The second-order valence-electron chi connectivity index (χ2n) is 8.54. The molecule has 0 N–H and O–H groups in total. The van der Waals surface area contributed by atoms with Gasteiger partial charge in [-0.1, -0.05) is 12.1 Å². The first-order chi connectivity index (χ1) is 14.1. The number of benzene rings is 1. The number of carbonyl (C=O) groups excluding carboxylic acids is 2. The van der Waals surface area contributed by atoms with Crippen molar-refractivity contribution in [3.05, 3.63) is 35.6 Å². The lowest BCUT2D eigenvalue weighted by Gasteiger charge is -2.31. The van der Waals surface area contributed by atoms with Crippen LogP contribution in [0.15, 0.2) is 24.3 Å². The van der Waals surface area contributed by atoms with Crippen LogP contribution in [0.1, 0.15) is 30.9 Å². The van der Waals surface area contributed by atoms with Crippen LogP contribution in [0.3, 0.4) is 0 Å². The molecule has 0 aromatic heterocycles. The van der Waals surface area contributed by atoms with E-state index in [1.807, 2.05) is 15.9 Å². The van der Waals surface area contributed by atoms with Crippen LogP contribution in [-0.4, -0.2) is 79.5 Å². The molecule has 7 heteroatoms. The van der Waals surface area contributed by atoms with E-state index in [0.29, 0.717) is 19.0 Å². The molecular weight excluding hydrogens is 373 g/mol. The maximum atomic E-state index is 13.9. The molecule has 4 rings (SSSR count). The van der Waals surface area contributed by atoms with Gasteiger partial charge in [-0.15, -0.1) is 0 Å². The van der Waals surface area contributed by atoms with E-state index in [4.69, 9.17) is 4.74 Å². The SMILES string of the molecule is COCC(=O)N1C[C@H]2CN(CC(=O)N3CCCCC3)C[C@H]2[C@@H]1c1cccc(F)c1. The molecule has 0 spiro atoms. The smallest absolute Gasteiger partial charge is 0.249 e. The first kappa shape index (κ1) is 20.3. The molecule has 0 aliphatic carbocycles. The first-order valence-electron chi connectivity index (χ1n) is 10.6. The molecule has 1 aromatic carbocycles. The summed E-state index contributed by atoms with van der Waals surface area (Å²) in [6.07, 6.45) is 3.39. The lowest BCUT2D eigenvalue weighted by Crippen LogP contribution is -2.43. The van der Waals surface area contributed by atoms with Gasteiger partial charge in [0.25, 0.3) is 0 Å². The molecule has 3 aliphatic heterocycles. The Morgan fingerprint density at radius 1 is 1.10 bits per heavy atom. The zero-order valence-corrected chi connectivity index (χ0v) is 17.1. The number of carbonyl (C=O) groups is 2. The Labute approximate surface area is 171 Å². The van der Waals surface area contributed by atoms with Gasteiger partial charge in [0.1, 0.15) is 12.4 Å². The van der Waals surface area contributed by atoms with E-state index in [-0.39, 0.29) is 36.2 Å². The fourth-order valence-electron chi connectivity index (χ4n) is 5.28. The number of fused-ring (bicyclic) bond motifs is 1. The average molecular weight is 403 g/mol. The molecule has 3 saturated heterocycles. The van der Waals surface area contributed by atoms with E-state index in [9.17, 15) is 14.0 Å². The Hall–Kier alpha value is -1.99. The van der Waals surface area contributed by atoms with Gasteiger partial charge in [-0.05, 0) is 42.9 Å². The van der Waals surface area contributed by atoms with Crippen molar-refractivity contribution < 1.29 is 18.7 Å². The summed E-state index contributed by atoms with van der Waals surface area (Å²) >= 11 is 0. The summed E-state index contributed by atoms with van der Waals surface area (Å²) in [5.74, 6) is 0.344. The van der Waals surface area contributed by atoms with Crippen molar-refractivity contribution in [3.63, 3.8) is 0 Å². The summed E-state index contributed by atoms with van der Waals surface area (Å²) in [6.45, 7) is 4.38. The summed E-state index contributed by atoms with van der Waals surface area (Å²) in [6, 6.07) is 6.37. The van der Waals surface area contributed by atoms with Crippen molar-refractivity contribution in [2.24, 2.45) is 11.8 Å². The van der Waals surface area contributed by atoms with Crippen LogP contribution in [-0.2, 0) is 14.3 Å². The third-order valence-corrected chi connectivity index (χ3v) is 6.59. The standard InChI is InChI=1S/C22H30FN3O3/c1-29-15-21(28)26-12-17-11-24(14-20(27)25-8-3-2-4-9-25)13-19(17)22(26)16-6-5-7-18(23)10-16/h5-7,10,17,19,22H,2-4,8-9,11-15H2,1H3/t17-,19-,22+/m1/s1. The number of likely N-dealkylation sites (tertiary alicyclic amines) is 3. The van der Waals surface area contributed by atoms with Crippen LogP contribution in [0.25, 0.3) is 0 Å². The highest BCUT2D eigenvalue weighted by molar-refractivity contribution is 5.79. The highest BCUT2D eigenvalue weighted by Gasteiger charge is 2.49. The van der Waals surface area contributed by atoms with Crippen LogP contribution < -0.4 is 0 Å².